The first-order valence-electron chi connectivity index (χ1n) is 2.60. The summed E-state index contributed by atoms with van der Waals surface area (Å²) in [5, 5.41) is 0. The Kier molecular flexibility index (Phi) is 3.84. The summed E-state index contributed by atoms with van der Waals surface area (Å²) in [6.45, 7) is 2.24. The lowest BCUT2D eigenvalue weighted by atomic mass is 10.9. The predicted octanol–water partition coefficient (Wildman–Crippen LogP) is 1.03. The van der Waals surface area contributed by atoms with Gasteiger partial charge in [0.05, 0.1) is 0 Å². The second kappa shape index (κ2) is 3.94. The zero-order valence-corrected chi connectivity index (χ0v) is 8.40. The molecule has 0 atom stereocenters. The van der Waals surface area contributed by atoms with Crippen molar-refractivity contribution in [3.8, 4) is 0 Å². The number of carbonyl (C=O) groups is 2. The minimum Gasteiger partial charge on any atom is -0.463 e. The van der Waals surface area contributed by atoms with Gasteiger partial charge in [-0.15, -0.1) is 0 Å². The molecule has 64 valence electrons. The summed E-state index contributed by atoms with van der Waals surface area (Å²) in [7, 11) is -3.58. The minimum atomic E-state index is -3.58. The third kappa shape index (κ3) is 6.15. The van der Waals surface area contributed by atoms with Gasteiger partial charge >= 0.3 is 7.18 Å². The largest absolute Gasteiger partial charge is 0.685 e. The first kappa shape index (κ1) is 10.7. The Morgan fingerprint density at radius 1 is 1.09 bits per heavy atom. The number of hydrogen-bond acceptors (Lipinski definition) is 4. The van der Waals surface area contributed by atoms with Gasteiger partial charge in [-0.2, -0.15) is 0 Å². The zero-order chi connectivity index (χ0) is 9.07. The highest BCUT2D eigenvalue weighted by Crippen LogP contribution is 2.18. The molecule has 0 aromatic carbocycles. The van der Waals surface area contributed by atoms with E-state index in [0.29, 0.717) is 0 Å². The van der Waals surface area contributed by atoms with Crippen LogP contribution in [0.25, 0.3) is 0 Å². The highest BCUT2D eigenvalue weighted by Gasteiger charge is 2.41. The molecule has 0 heterocycles. The molecule has 7 heteroatoms. The van der Waals surface area contributed by atoms with Crippen LogP contribution in [-0.2, 0) is 18.4 Å². The molecule has 0 bridgehead atoms. The molecule has 0 rings (SSSR count). The Bertz CT molecular complexity index is 163. The number of halogens is 2. The molecular weight excluding hydrogens is 211 g/mol. The van der Waals surface area contributed by atoms with E-state index in [1.165, 1.54) is 0 Å². The molecule has 0 aromatic heterocycles. The molecule has 0 aliphatic carbocycles. The summed E-state index contributed by atoms with van der Waals surface area (Å²) in [5.41, 5.74) is 0. The van der Waals surface area contributed by atoms with Crippen LogP contribution in [0.3, 0.4) is 0 Å². The fourth-order valence-electron chi connectivity index (χ4n) is 0.355. The van der Waals surface area contributed by atoms with Gasteiger partial charge in [0.1, 0.15) is 0 Å². The van der Waals surface area contributed by atoms with Crippen molar-refractivity contribution in [3.05, 3.63) is 0 Å². The van der Waals surface area contributed by atoms with Crippen LogP contribution in [0.1, 0.15) is 13.8 Å². The predicted molar refractivity (Wildman–Crippen MR) is 41.0 cm³/mol. The van der Waals surface area contributed by atoms with Crippen LogP contribution in [0.2, 0.25) is 0 Å². The molecule has 0 aliphatic rings. The van der Waals surface area contributed by atoms with Gasteiger partial charge in [0.25, 0.3) is 11.9 Å². The first-order chi connectivity index (χ1) is 4.83. The molecule has 0 radical (unpaired) electrons. The number of rotatable bonds is 2. The van der Waals surface area contributed by atoms with Crippen molar-refractivity contribution >= 4 is 41.3 Å². The summed E-state index contributed by atoms with van der Waals surface area (Å²) < 4.78 is 8.67. The second-order valence-electron chi connectivity index (χ2n) is 1.65. The van der Waals surface area contributed by atoms with Crippen LogP contribution in [0.15, 0.2) is 0 Å². The molecule has 0 aliphatic heterocycles. The maximum absolute atomic E-state index is 10.3. The van der Waals surface area contributed by atoms with Crippen LogP contribution >= 0.6 is 22.2 Å². The standard InChI is InChI=1S/C4H6Cl2O4Si/c1-3(7)9-11(5,6)10-4(2)8/h1-2H3. The first-order valence-corrected chi connectivity index (χ1v) is 6.44. The van der Waals surface area contributed by atoms with Gasteiger partial charge < -0.3 is 8.85 Å². The summed E-state index contributed by atoms with van der Waals surface area (Å²) in [6, 6.07) is 0. The molecule has 0 aromatic rings. The molecule has 0 saturated heterocycles. The highest BCUT2D eigenvalue weighted by molar-refractivity contribution is 7.40. The fourth-order valence-corrected chi connectivity index (χ4v) is 2.37. The van der Waals surface area contributed by atoms with E-state index in [2.05, 4.69) is 8.85 Å². The summed E-state index contributed by atoms with van der Waals surface area (Å²) in [6.07, 6.45) is 0. The van der Waals surface area contributed by atoms with Gasteiger partial charge in [-0.25, -0.2) is 0 Å². The molecule has 0 amide bonds. The van der Waals surface area contributed by atoms with E-state index in [1.54, 1.807) is 0 Å². The smallest absolute Gasteiger partial charge is 0.463 e. The molecule has 11 heavy (non-hydrogen) atoms. The van der Waals surface area contributed by atoms with Gasteiger partial charge in [0.15, 0.2) is 0 Å². The van der Waals surface area contributed by atoms with Crippen molar-refractivity contribution in [2.24, 2.45) is 0 Å². The topological polar surface area (TPSA) is 52.6 Å². The van der Waals surface area contributed by atoms with Crippen molar-refractivity contribution in [2.45, 2.75) is 13.8 Å². The maximum Gasteiger partial charge on any atom is 0.685 e. The maximum atomic E-state index is 10.3. The molecule has 4 nitrogen and oxygen atoms in total. The minimum absolute atomic E-state index is 0.678. The van der Waals surface area contributed by atoms with Crippen molar-refractivity contribution in [3.63, 3.8) is 0 Å². The third-order valence-electron chi connectivity index (χ3n) is 0.525. The molecule has 0 saturated carbocycles. The lowest BCUT2D eigenvalue weighted by molar-refractivity contribution is -0.137. The van der Waals surface area contributed by atoms with Crippen LogP contribution in [0, 0.1) is 0 Å². The van der Waals surface area contributed by atoms with Crippen molar-refractivity contribution in [1.82, 2.24) is 0 Å². The Morgan fingerprint density at radius 3 is 1.55 bits per heavy atom. The van der Waals surface area contributed by atoms with Crippen LogP contribution in [0.4, 0.5) is 0 Å². The number of carbonyl (C=O) groups excluding carboxylic acids is 2. The van der Waals surface area contributed by atoms with E-state index in [0.717, 1.165) is 13.8 Å². The monoisotopic (exact) mass is 216 g/mol. The van der Waals surface area contributed by atoms with Crippen LogP contribution in [0.5, 0.6) is 0 Å². The quantitative estimate of drug-likeness (QED) is 0.512. The van der Waals surface area contributed by atoms with E-state index in [9.17, 15) is 9.59 Å². The Labute approximate surface area is 74.0 Å². The fraction of sp³-hybridized carbons (Fsp3) is 0.500. The van der Waals surface area contributed by atoms with E-state index in [1.807, 2.05) is 0 Å². The average molecular weight is 217 g/mol. The van der Waals surface area contributed by atoms with Crippen LogP contribution in [-0.4, -0.2) is 19.1 Å². The number of hydrogen-bond donors (Lipinski definition) is 0. The second-order valence-corrected chi connectivity index (χ2v) is 6.55. The van der Waals surface area contributed by atoms with Gasteiger partial charge in [-0.1, -0.05) is 22.2 Å². The van der Waals surface area contributed by atoms with Gasteiger partial charge in [0.2, 0.25) is 0 Å². The van der Waals surface area contributed by atoms with Crippen LogP contribution < -0.4 is 0 Å². The normalized spacial score (nSPS) is 10.5. The SMILES string of the molecule is CC(=O)O[Si](Cl)(Cl)OC(C)=O. The van der Waals surface area contributed by atoms with Gasteiger partial charge in [0, 0.05) is 13.8 Å². The van der Waals surface area contributed by atoms with E-state index >= 15 is 0 Å². The van der Waals surface area contributed by atoms with Gasteiger partial charge in [-0.05, 0) is 0 Å². The Morgan fingerprint density at radius 2 is 1.36 bits per heavy atom. The third-order valence-corrected chi connectivity index (χ3v) is 2.50. The lowest BCUT2D eigenvalue weighted by Gasteiger charge is -2.13. The Hall–Kier alpha value is -0.263. The van der Waals surface area contributed by atoms with E-state index in [-0.39, 0.29) is 0 Å². The van der Waals surface area contributed by atoms with E-state index in [4.69, 9.17) is 22.2 Å². The summed E-state index contributed by atoms with van der Waals surface area (Å²) in [4.78, 5) is 20.6. The zero-order valence-electron chi connectivity index (χ0n) is 5.89. The molecular formula is C4H6Cl2O4Si. The summed E-state index contributed by atoms with van der Waals surface area (Å²) >= 11 is 10.7. The van der Waals surface area contributed by atoms with Crippen molar-refractivity contribution in [2.75, 3.05) is 0 Å². The molecule has 0 N–H and O–H groups in total. The molecule has 0 spiro atoms. The Balaban J connectivity index is 3.99. The average Bonchev–Trinajstić information content (AvgIpc) is 1.53. The van der Waals surface area contributed by atoms with Gasteiger partial charge in [-0.3, -0.25) is 9.59 Å². The summed E-state index contributed by atoms with van der Waals surface area (Å²) in [5.74, 6) is -1.36. The highest BCUT2D eigenvalue weighted by atomic mass is 35.7. The van der Waals surface area contributed by atoms with Crippen molar-refractivity contribution in [1.29, 1.82) is 0 Å². The van der Waals surface area contributed by atoms with Crippen molar-refractivity contribution < 1.29 is 18.4 Å². The lowest BCUT2D eigenvalue weighted by Crippen LogP contribution is -2.33. The van der Waals surface area contributed by atoms with E-state index < -0.39 is 19.1 Å². The molecule has 0 fully saturated rings. The molecule has 0 unspecified atom stereocenters.